The minimum Gasteiger partial charge on any atom is -0.490 e. The summed E-state index contributed by atoms with van der Waals surface area (Å²) >= 11 is -0.252. The summed E-state index contributed by atoms with van der Waals surface area (Å²) in [6.07, 6.45) is 0. The molecule has 1 heterocycles. The molecule has 0 radical (unpaired) electrons. The smallest absolute Gasteiger partial charge is 0.490 e. The molecule has 1 rings (SSSR count). The van der Waals surface area contributed by atoms with E-state index in [4.69, 9.17) is 3.79 Å². The lowest BCUT2D eigenvalue weighted by Gasteiger charge is -2.27. The highest BCUT2D eigenvalue weighted by Crippen LogP contribution is 2.10. The maximum Gasteiger partial charge on any atom is 0.547 e. The van der Waals surface area contributed by atoms with Crippen LogP contribution in [-0.4, -0.2) is 40.7 Å². The molecule has 0 N–H and O–H groups in total. The van der Waals surface area contributed by atoms with Crippen LogP contribution in [0.25, 0.3) is 0 Å². The second-order valence-electron chi connectivity index (χ2n) is 3.47. The molecule has 0 spiro atoms. The molecule has 0 aromatic rings. The van der Waals surface area contributed by atoms with Crippen LogP contribution < -0.4 is 0 Å². The minimum absolute atomic E-state index is 0.252. The lowest BCUT2D eigenvalue weighted by atomic mass is 10.8. The zero-order valence-electron chi connectivity index (χ0n) is 6.48. The molecule has 9 heavy (non-hydrogen) atoms. The summed E-state index contributed by atoms with van der Waals surface area (Å²) in [4.78, 5) is 0. The number of hydrogen-bond acceptors (Lipinski definition) is 2. The van der Waals surface area contributed by atoms with E-state index in [1.54, 1.807) is 0 Å². The van der Waals surface area contributed by atoms with Crippen LogP contribution >= 0.6 is 0 Å². The quantitative estimate of drug-likeness (QED) is 0.514. The molecule has 1 aliphatic rings. The molecule has 1 fully saturated rings. The van der Waals surface area contributed by atoms with Crippen molar-refractivity contribution in [2.45, 2.75) is 19.6 Å². The fourth-order valence-corrected chi connectivity index (χ4v) is 4.27. The zero-order valence-corrected chi connectivity index (χ0v) is 8.89. The fraction of sp³-hybridized carbons (Fsp3) is 1.00. The van der Waals surface area contributed by atoms with Crippen LogP contribution in [0.1, 0.15) is 0 Å². The topological polar surface area (TPSA) is 12.5 Å². The molecule has 0 saturated carbocycles. The van der Waals surface area contributed by atoms with E-state index in [0.717, 1.165) is 6.61 Å². The molecular weight excluding hydrogens is 145 g/mol. The van der Waals surface area contributed by atoms with Gasteiger partial charge >= 0.3 is 15.8 Å². The molecule has 52 valence electrons. The summed E-state index contributed by atoms with van der Waals surface area (Å²) in [6, 6.07) is 0. The fourth-order valence-electron chi connectivity index (χ4n) is 0.943. The molecule has 0 bridgehead atoms. The first-order chi connectivity index (χ1) is 4.11. The van der Waals surface area contributed by atoms with Crippen LogP contribution in [0.15, 0.2) is 0 Å². The SMILES string of the molecule is C[Si](C)(C)[N]1CC[O][AlH]1. The summed E-state index contributed by atoms with van der Waals surface area (Å²) in [5.41, 5.74) is 0. The maximum atomic E-state index is 5.38. The second-order valence-corrected chi connectivity index (χ2v) is 10.5. The van der Waals surface area contributed by atoms with Crippen LogP contribution in [0.5, 0.6) is 0 Å². The third kappa shape index (κ3) is 2.06. The Morgan fingerprint density at radius 2 is 2.11 bits per heavy atom. The van der Waals surface area contributed by atoms with Crippen molar-refractivity contribution in [3.63, 3.8) is 0 Å². The van der Waals surface area contributed by atoms with Gasteiger partial charge in [0, 0.05) is 6.61 Å². The minimum atomic E-state index is -0.954. The van der Waals surface area contributed by atoms with E-state index in [-0.39, 0.29) is 15.8 Å². The predicted molar refractivity (Wildman–Crippen MR) is 43.2 cm³/mol. The van der Waals surface area contributed by atoms with Crippen molar-refractivity contribution in [1.29, 1.82) is 0 Å². The third-order valence-electron chi connectivity index (χ3n) is 1.70. The number of nitrogens with zero attached hydrogens (tertiary/aromatic N) is 1. The van der Waals surface area contributed by atoms with E-state index >= 15 is 0 Å². The van der Waals surface area contributed by atoms with Gasteiger partial charge in [0.25, 0.3) is 0 Å². The van der Waals surface area contributed by atoms with E-state index < -0.39 is 8.24 Å². The van der Waals surface area contributed by atoms with Crippen molar-refractivity contribution >= 4 is 24.0 Å². The molecule has 0 aromatic heterocycles. The molecule has 1 saturated heterocycles. The molecule has 0 aliphatic carbocycles. The Hall–Kier alpha value is 0.669. The van der Waals surface area contributed by atoms with Crippen LogP contribution in [0.2, 0.25) is 19.6 Å². The van der Waals surface area contributed by atoms with E-state index in [2.05, 4.69) is 23.2 Å². The van der Waals surface area contributed by atoms with Crippen molar-refractivity contribution in [1.82, 2.24) is 3.55 Å². The first kappa shape index (κ1) is 7.77. The monoisotopic (exact) mass is 159 g/mol. The van der Waals surface area contributed by atoms with Crippen LogP contribution in [0.3, 0.4) is 0 Å². The molecule has 0 unspecified atom stereocenters. The summed E-state index contributed by atoms with van der Waals surface area (Å²) < 4.78 is 7.99. The maximum absolute atomic E-state index is 5.38. The predicted octanol–water partition coefficient (Wildman–Crippen LogP) is 0.420. The Balaban J connectivity index is 2.42. The van der Waals surface area contributed by atoms with Crippen molar-refractivity contribution in [3.05, 3.63) is 0 Å². The first-order valence-electron chi connectivity index (χ1n) is 3.43. The van der Waals surface area contributed by atoms with Gasteiger partial charge in [-0.25, -0.2) is 0 Å². The van der Waals surface area contributed by atoms with Gasteiger partial charge in [0.2, 0.25) is 0 Å². The van der Waals surface area contributed by atoms with E-state index in [0.29, 0.717) is 0 Å². The van der Waals surface area contributed by atoms with Crippen molar-refractivity contribution in [3.8, 4) is 0 Å². The van der Waals surface area contributed by atoms with E-state index in [1.165, 1.54) is 6.54 Å². The van der Waals surface area contributed by atoms with Gasteiger partial charge in [-0.3, -0.25) is 0 Å². The van der Waals surface area contributed by atoms with Gasteiger partial charge in [0.05, 0.1) is 8.24 Å². The third-order valence-corrected chi connectivity index (χ3v) is 8.15. The highest BCUT2D eigenvalue weighted by molar-refractivity contribution is 6.78. The average Bonchev–Trinajstić information content (AvgIpc) is 2.08. The van der Waals surface area contributed by atoms with Gasteiger partial charge < -0.3 is 7.34 Å². The Morgan fingerprint density at radius 1 is 1.44 bits per heavy atom. The summed E-state index contributed by atoms with van der Waals surface area (Å²) in [6.45, 7) is 9.36. The van der Waals surface area contributed by atoms with Crippen molar-refractivity contribution in [2.75, 3.05) is 13.2 Å². The number of rotatable bonds is 1. The lowest BCUT2D eigenvalue weighted by Crippen LogP contribution is -2.45. The molecule has 2 nitrogen and oxygen atoms in total. The molecule has 1 aliphatic heterocycles. The van der Waals surface area contributed by atoms with Crippen LogP contribution in [-0.2, 0) is 3.79 Å². The van der Waals surface area contributed by atoms with Gasteiger partial charge in [-0.2, -0.15) is 0 Å². The normalized spacial score (nSPS) is 22.1. The first-order valence-corrected chi connectivity index (χ1v) is 8.09. The molecule has 0 aromatic carbocycles. The van der Waals surface area contributed by atoms with Crippen molar-refractivity contribution < 1.29 is 3.79 Å². The summed E-state index contributed by atoms with van der Waals surface area (Å²) in [7, 11) is -0.954. The summed E-state index contributed by atoms with van der Waals surface area (Å²) in [5.74, 6) is 0. The standard InChI is InChI=1S/C5H13NOSi.Al.H/c1-8(2,3)6-4-5-7;;/h4-5H2,1-3H3;;/q-2;+2;. The molecular formula is C5H14AlNOSi. The summed E-state index contributed by atoms with van der Waals surface area (Å²) in [5, 5.41) is 0. The average molecular weight is 159 g/mol. The molecule has 0 atom stereocenters. The van der Waals surface area contributed by atoms with Gasteiger partial charge in [-0.15, -0.1) is 0 Å². The van der Waals surface area contributed by atoms with Gasteiger partial charge in [0.15, 0.2) is 0 Å². The molecule has 4 heteroatoms. The van der Waals surface area contributed by atoms with Gasteiger partial charge in [0.1, 0.15) is 0 Å². The second kappa shape index (κ2) is 2.73. The molecule has 0 amide bonds. The highest BCUT2D eigenvalue weighted by Gasteiger charge is 2.28. The largest absolute Gasteiger partial charge is 0.547 e. The van der Waals surface area contributed by atoms with Crippen molar-refractivity contribution in [2.24, 2.45) is 0 Å². The van der Waals surface area contributed by atoms with Gasteiger partial charge in [-0.05, 0) is 6.54 Å². The Bertz CT molecular complexity index is 97.6. The Morgan fingerprint density at radius 3 is 2.33 bits per heavy atom. The van der Waals surface area contributed by atoms with Crippen LogP contribution in [0.4, 0.5) is 0 Å². The van der Waals surface area contributed by atoms with E-state index in [1.807, 2.05) is 0 Å². The zero-order chi connectivity index (χ0) is 6.91. The lowest BCUT2D eigenvalue weighted by molar-refractivity contribution is 0.384. The Labute approximate surface area is 64.5 Å². The highest BCUT2D eigenvalue weighted by atomic mass is 28.3. The van der Waals surface area contributed by atoms with E-state index in [9.17, 15) is 0 Å². The number of hydrogen-bond donors (Lipinski definition) is 0. The van der Waals surface area contributed by atoms with Crippen LogP contribution in [0, 0.1) is 0 Å². The van der Waals surface area contributed by atoms with Gasteiger partial charge in [-0.1, -0.05) is 19.6 Å². The Kier molecular flexibility index (Phi) is 2.36.